The summed E-state index contributed by atoms with van der Waals surface area (Å²) in [6.45, 7) is 0. The van der Waals surface area contributed by atoms with E-state index in [2.05, 4.69) is 66.7 Å². The molecule has 8 aromatic carbocycles. The van der Waals surface area contributed by atoms with Crippen molar-refractivity contribution in [2.75, 3.05) is 0 Å². The van der Waals surface area contributed by atoms with Crippen molar-refractivity contribution < 1.29 is 5.48 Å². The smallest absolute Gasteiger partial charge is 0.238 e. The molecule has 0 saturated carbocycles. The van der Waals surface area contributed by atoms with E-state index in [-0.39, 0.29) is 35.6 Å². The summed E-state index contributed by atoms with van der Waals surface area (Å²) in [5.41, 5.74) is 10.6. The molecule has 55 heavy (non-hydrogen) atoms. The first-order valence-corrected chi connectivity index (χ1v) is 18.2. The van der Waals surface area contributed by atoms with Crippen LogP contribution in [0.3, 0.4) is 0 Å². The number of benzene rings is 8. The highest BCUT2D eigenvalue weighted by Gasteiger charge is 2.21. The summed E-state index contributed by atoms with van der Waals surface area (Å²) in [5, 5.41) is 1.05. The molecule has 0 atom stereocenters. The third-order valence-electron chi connectivity index (χ3n) is 9.98. The molecule has 2 heterocycles. The highest BCUT2D eigenvalue weighted by molar-refractivity contribution is 6.13. The molecule has 0 saturated heterocycles. The van der Waals surface area contributed by atoms with Gasteiger partial charge < -0.3 is 0 Å². The third kappa shape index (κ3) is 6.06. The summed E-state index contributed by atoms with van der Waals surface area (Å²) in [5.74, 6) is 1.10. The Kier molecular flexibility index (Phi) is 7.08. The first kappa shape index (κ1) is 28.1. The molecular weight excluding hydrogens is 669 g/mol. The lowest BCUT2D eigenvalue weighted by Crippen LogP contribution is -2.07. The van der Waals surface area contributed by atoms with E-state index in [1.807, 2.05) is 120 Å². The first-order chi connectivity index (χ1) is 28.9. The van der Waals surface area contributed by atoms with E-state index in [1.165, 1.54) is 0 Å². The highest BCUT2D eigenvalue weighted by Crippen LogP contribution is 2.40. The lowest BCUT2D eigenvalue weighted by atomic mass is 9.92. The number of aromatic nitrogens is 4. The molecule has 4 nitrogen and oxygen atoms in total. The Morgan fingerprint density at radius 1 is 0.364 bits per heavy atom. The Morgan fingerprint density at radius 3 is 1.40 bits per heavy atom. The number of hydrogen-bond acceptors (Lipinski definition) is 3. The normalized spacial score (nSPS) is 12.3. The lowest BCUT2D eigenvalue weighted by molar-refractivity contribution is 0.954. The van der Waals surface area contributed by atoms with Crippen molar-refractivity contribution in [2.24, 2.45) is 0 Å². The topological polar surface area (TPSA) is 43.6 Å². The van der Waals surface area contributed by atoms with Crippen LogP contribution in [0.1, 0.15) is 5.48 Å². The van der Waals surface area contributed by atoms with E-state index >= 15 is 0 Å². The molecule has 0 unspecified atom stereocenters. The van der Waals surface area contributed by atoms with E-state index in [1.54, 1.807) is 0 Å². The first-order valence-electron chi connectivity index (χ1n) is 20.2. The van der Waals surface area contributed by atoms with Crippen molar-refractivity contribution in [1.29, 1.82) is 0 Å². The van der Waals surface area contributed by atoms with Gasteiger partial charge in [-0.05, 0) is 63.2 Å². The predicted molar refractivity (Wildman–Crippen MR) is 227 cm³/mol. The SMILES string of the molecule is [2H]c1c([2H])c([2H])c2c(c1[2H])c1cccc(-c3cc(-c4ccccc4)cc(-c4ccccc4)c3)c1n2-c1nc(-c2ccccc2)nc(-c2ccc(-c3ccccc3)cc2)n1. The molecule has 0 spiro atoms. The molecule has 0 aliphatic carbocycles. The summed E-state index contributed by atoms with van der Waals surface area (Å²) in [7, 11) is 0. The third-order valence-corrected chi connectivity index (χ3v) is 9.98. The number of rotatable bonds is 7. The van der Waals surface area contributed by atoms with Crippen molar-refractivity contribution in [3.05, 3.63) is 206 Å². The van der Waals surface area contributed by atoms with E-state index < -0.39 is 0 Å². The van der Waals surface area contributed by atoms with Gasteiger partial charge in [-0.2, -0.15) is 9.97 Å². The number of fused-ring (bicyclic) bond motifs is 3. The molecule has 0 N–H and O–H groups in total. The minimum atomic E-state index is -0.334. The maximum atomic E-state index is 9.37. The highest BCUT2D eigenvalue weighted by atomic mass is 15.2. The summed E-state index contributed by atoms with van der Waals surface area (Å²) < 4.78 is 38.0. The van der Waals surface area contributed by atoms with Gasteiger partial charge in [-0.15, -0.1) is 0 Å². The van der Waals surface area contributed by atoms with Gasteiger partial charge in [0.1, 0.15) is 0 Å². The van der Waals surface area contributed by atoms with Gasteiger partial charge in [0.2, 0.25) is 5.95 Å². The fourth-order valence-corrected chi connectivity index (χ4v) is 7.33. The lowest BCUT2D eigenvalue weighted by Gasteiger charge is -2.15. The Hall–Kier alpha value is -7.43. The number of para-hydroxylation sites is 2. The fourth-order valence-electron chi connectivity index (χ4n) is 7.33. The summed E-state index contributed by atoms with van der Waals surface area (Å²) >= 11 is 0. The van der Waals surface area contributed by atoms with Gasteiger partial charge in [0, 0.05) is 27.5 Å². The van der Waals surface area contributed by atoms with Crippen LogP contribution in [0, 0.1) is 0 Å². The van der Waals surface area contributed by atoms with Gasteiger partial charge in [-0.1, -0.05) is 182 Å². The van der Waals surface area contributed by atoms with Crippen molar-refractivity contribution in [3.8, 4) is 73.2 Å². The van der Waals surface area contributed by atoms with Crippen molar-refractivity contribution in [1.82, 2.24) is 19.5 Å². The van der Waals surface area contributed by atoms with Crippen LogP contribution in [0.25, 0.3) is 95.0 Å². The molecule has 0 amide bonds. The van der Waals surface area contributed by atoms with E-state index in [0.717, 1.165) is 55.6 Å². The zero-order valence-electron chi connectivity index (χ0n) is 33.6. The molecule has 258 valence electrons. The predicted octanol–water partition coefficient (Wildman–Crippen LogP) is 13.0. The maximum Gasteiger partial charge on any atom is 0.238 e. The standard InChI is InChI=1S/C51H34N4/c1-5-16-35(17-6-1)38-28-30-40(31-29-38)50-52-49(39-22-11-4-12-23-39)53-51(54-50)55-47-27-14-13-24-45(47)46-26-15-25-44(48(46)55)43-33-41(36-18-7-2-8-19-36)32-42(34-43)37-20-9-3-10-21-37/h1-34H/i13D,14D,24D,27D. The Morgan fingerprint density at radius 2 is 0.818 bits per heavy atom. The molecule has 0 fully saturated rings. The van der Waals surface area contributed by atoms with E-state index in [4.69, 9.17) is 17.7 Å². The largest absolute Gasteiger partial charge is 0.277 e. The number of hydrogen-bond donors (Lipinski definition) is 0. The molecule has 0 bridgehead atoms. The van der Waals surface area contributed by atoms with Gasteiger partial charge in [0.15, 0.2) is 11.6 Å². The zero-order valence-corrected chi connectivity index (χ0v) is 29.6. The molecular formula is C51H34N4. The van der Waals surface area contributed by atoms with Gasteiger partial charge in [-0.3, -0.25) is 4.57 Å². The molecule has 4 heteroatoms. The molecule has 10 aromatic rings. The van der Waals surface area contributed by atoms with Crippen LogP contribution in [0.15, 0.2) is 206 Å². The van der Waals surface area contributed by atoms with Crippen LogP contribution < -0.4 is 0 Å². The molecule has 0 aliphatic rings. The Bertz CT molecular complexity index is 3110. The Balaban J connectivity index is 1.29. The van der Waals surface area contributed by atoms with Crippen LogP contribution in [-0.4, -0.2) is 19.5 Å². The quantitative estimate of drug-likeness (QED) is 0.166. The van der Waals surface area contributed by atoms with Crippen LogP contribution in [0.5, 0.6) is 0 Å². The Labute approximate surface area is 325 Å². The van der Waals surface area contributed by atoms with Gasteiger partial charge >= 0.3 is 0 Å². The van der Waals surface area contributed by atoms with Crippen molar-refractivity contribution in [2.45, 2.75) is 0 Å². The zero-order chi connectivity index (χ0) is 40.0. The summed E-state index contributed by atoms with van der Waals surface area (Å²) in [6, 6.07) is 60.0. The average Bonchev–Trinajstić information content (AvgIpc) is 3.67. The summed E-state index contributed by atoms with van der Waals surface area (Å²) in [4.78, 5) is 15.3. The molecule has 2 aromatic heterocycles. The minimum Gasteiger partial charge on any atom is -0.277 e. The van der Waals surface area contributed by atoms with Crippen LogP contribution in [0.4, 0.5) is 0 Å². The molecule has 0 aliphatic heterocycles. The molecule has 10 rings (SSSR count). The van der Waals surface area contributed by atoms with E-state index in [9.17, 15) is 2.74 Å². The van der Waals surface area contributed by atoms with Gasteiger partial charge in [-0.25, -0.2) is 4.98 Å². The maximum absolute atomic E-state index is 9.37. The monoisotopic (exact) mass is 706 g/mol. The second kappa shape index (κ2) is 13.8. The average molecular weight is 707 g/mol. The number of nitrogens with zero attached hydrogens (tertiary/aromatic N) is 4. The minimum absolute atomic E-state index is 0.126. The van der Waals surface area contributed by atoms with E-state index in [0.29, 0.717) is 27.9 Å². The van der Waals surface area contributed by atoms with Crippen LogP contribution in [0.2, 0.25) is 0 Å². The van der Waals surface area contributed by atoms with Crippen LogP contribution >= 0.6 is 0 Å². The second-order valence-electron chi connectivity index (χ2n) is 13.4. The fraction of sp³-hybridized carbons (Fsp3) is 0. The van der Waals surface area contributed by atoms with Gasteiger partial charge in [0.05, 0.1) is 16.5 Å². The van der Waals surface area contributed by atoms with Crippen molar-refractivity contribution in [3.63, 3.8) is 0 Å². The van der Waals surface area contributed by atoms with Crippen LogP contribution in [-0.2, 0) is 0 Å². The van der Waals surface area contributed by atoms with Crippen molar-refractivity contribution >= 4 is 21.8 Å². The van der Waals surface area contributed by atoms with Gasteiger partial charge in [0.25, 0.3) is 0 Å². The molecule has 0 radical (unpaired) electrons. The summed E-state index contributed by atoms with van der Waals surface area (Å²) in [6.07, 6.45) is 0. The second-order valence-corrected chi connectivity index (χ2v) is 13.4.